The highest BCUT2D eigenvalue weighted by Crippen LogP contribution is 2.48. The maximum atomic E-state index is 14.2. The number of nitrogens with two attached hydrogens (primary N) is 1. The number of rotatable bonds is 5. The van der Waals surface area contributed by atoms with Gasteiger partial charge in [0.25, 0.3) is 5.91 Å². The van der Waals surface area contributed by atoms with Gasteiger partial charge in [0.1, 0.15) is 5.69 Å². The number of nitrogens with zero attached hydrogens (tertiary/aromatic N) is 1. The third-order valence-electron chi connectivity index (χ3n) is 5.13. The van der Waals surface area contributed by atoms with Crippen LogP contribution in [0.4, 0.5) is 23.2 Å². The zero-order chi connectivity index (χ0) is 22.1. The molecule has 6 nitrogen and oxygen atoms in total. The van der Waals surface area contributed by atoms with Crippen molar-refractivity contribution >= 4 is 17.5 Å². The van der Waals surface area contributed by atoms with Gasteiger partial charge in [0.15, 0.2) is 11.6 Å². The van der Waals surface area contributed by atoms with Crippen LogP contribution in [0.1, 0.15) is 41.2 Å². The largest absolute Gasteiger partial charge is 0.493 e. The van der Waals surface area contributed by atoms with E-state index in [1.54, 1.807) is 0 Å². The van der Waals surface area contributed by atoms with Crippen molar-refractivity contribution in [3.8, 4) is 5.75 Å². The van der Waals surface area contributed by atoms with E-state index in [0.29, 0.717) is 0 Å². The van der Waals surface area contributed by atoms with Gasteiger partial charge in [-0.1, -0.05) is 6.07 Å². The smallest absolute Gasteiger partial charge is 0.267 e. The first-order chi connectivity index (χ1) is 14.1. The van der Waals surface area contributed by atoms with Gasteiger partial charge in [0.05, 0.1) is 13.0 Å². The first kappa shape index (κ1) is 21.5. The van der Waals surface area contributed by atoms with Gasteiger partial charge < -0.3 is 15.8 Å². The SMILES string of the molecule is COc1c(C2CCC(F)(F)CC2C(=O)Nc2ccnc(C(N)=O)c2)ccc(F)c1F. The van der Waals surface area contributed by atoms with Crippen LogP contribution in [-0.2, 0) is 4.79 Å². The molecule has 1 aromatic heterocycles. The summed E-state index contributed by atoms with van der Waals surface area (Å²) >= 11 is 0. The predicted octanol–water partition coefficient (Wildman–Crippen LogP) is 3.63. The second-order valence-electron chi connectivity index (χ2n) is 7.08. The Morgan fingerprint density at radius 1 is 1.27 bits per heavy atom. The van der Waals surface area contributed by atoms with Crippen LogP contribution in [0.3, 0.4) is 0 Å². The van der Waals surface area contributed by atoms with Crippen molar-refractivity contribution in [3.63, 3.8) is 0 Å². The number of pyridine rings is 1. The maximum absolute atomic E-state index is 14.2. The fourth-order valence-electron chi connectivity index (χ4n) is 3.71. The number of anilines is 1. The lowest BCUT2D eigenvalue weighted by molar-refractivity contribution is -0.128. The van der Waals surface area contributed by atoms with E-state index in [-0.39, 0.29) is 23.4 Å². The molecule has 2 aromatic rings. The average molecular weight is 425 g/mol. The molecule has 30 heavy (non-hydrogen) atoms. The number of carbonyl (C=O) groups is 2. The van der Waals surface area contributed by atoms with Gasteiger partial charge in [-0.3, -0.25) is 14.6 Å². The van der Waals surface area contributed by atoms with Crippen molar-refractivity contribution < 1.29 is 31.9 Å². The molecule has 0 bridgehead atoms. The summed E-state index contributed by atoms with van der Waals surface area (Å²) in [5, 5.41) is 2.48. The summed E-state index contributed by atoms with van der Waals surface area (Å²) < 4.78 is 61.0. The third-order valence-corrected chi connectivity index (χ3v) is 5.13. The highest BCUT2D eigenvalue weighted by Gasteiger charge is 2.46. The molecule has 0 saturated heterocycles. The minimum absolute atomic E-state index is 0.111. The minimum Gasteiger partial charge on any atom is -0.493 e. The summed E-state index contributed by atoms with van der Waals surface area (Å²) in [6, 6.07) is 4.70. The maximum Gasteiger partial charge on any atom is 0.267 e. The summed E-state index contributed by atoms with van der Waals surface area (Å²) in [5.74, 6) is -9.55. The van der Waals surface area contributed by atoms with Crippen LogP contribution in [-0.4, -0.2) is 29.8 Å². The molecule has 1 aliphatic carbocycles. The summed E-state index contributed by atoms with van der Waals surface area (Å²) in [6.45, 7) is 0. The molecule has 0 aliphatic heterocycles. The Morgan fingerprint density at radius 3 is 2.67 bits per heavy atom. The first-order valence-electron chi connectivity index (χ1n) is 9.09. The van der Waals surface area contributed by atoms with Gasteiger partial charge in [0.2, 0.25) is 17.6 Å². The number of halogens is 4. The lowest BCUT2D eigenvalue weighted by Gasteiger charge is -2.36. The topological polar surface area (TPSA) is 94.3 Å². The molecule has 1 heterocycles. The molecule has 0 spiro atoms. The first-order valence-corrected chi connectivity index (χ1v) is 9.09. The summed E-state index contributed by atoms with van der Waals surface area (Å²) in [7, 11) is 1.14. The van der Waals surface area contributed by atoms with Crippen molar-refractivity contribution in [1.29, 1.82) is 0 Å². The molecule has 2 amide bonds. The van der Waals surface area contributed by atoms with Crippen LogP contribution >= 0.6 is 0 Å². The van der Waals surface area contributed by atoms with E-state index in [1.807, 2.05) is 0 Å². The number of carbonyl (C=O) groups excluding carboxylic acids is 2. The summed E-state index contributed by atoms with van der Waals surface area (Å²) in [4.78, 5) is 27.9. The van der Waals surface area contributed by atoms with E-state index in [0.717, 1.165) is 13.2 Å². The molecule has 1 fully saturated rings. The van der Waals surface area contributed by atoms with Crippen LogP contribution in [0, 0.1) is 17.6 Å². The number of alkyl halides is 2. The molecule has 3 N–H and O–H groups in total. The van der Waals surface area contributed by atoms with Crippen LogP contribution in [0.15, 0.2) is 30.5 Å². The zero-order valence-corrected chi connectivity index (χ0v) is 15.9. The number of hydrogen-bond acceptors (Lipinski definition) is 4. The number of benzene rings is 1. The minimum atomic E-state index is -3.10. The number of hydrogen-bond donors (Lipinski definition) is 2. The molecule has 160 valence electrons. The van der Waals surface area contributed by atoms with Crippen molar-refractivity contribution in [2.24, 2.45) is 11.7 Å². The Kier molecular flexibility index (Phi) is 5.95. The van der Waals surface area contributed by atoms with Crippen LogP contribution in [0.25, 0.3) is 0 Å². The normalized spacial score (nSPS) is 20.4. The molecule has 1 saturated carbocycles. The van der Waals surface area contributed by atoms with E-state index < -0.39 is 59.8 Å². The van der Waals surface area contributed by atoms with E-state index >= 15 is 0 Å². The van der Waals surface area contributed by atoms with Gasteiger partial charge in [-0.15, -0.1) is 0 Å². The van der Waals surface area contributed by atoms with Gasteiger partial charge in [-0.25, -0.2) is 13.2 Å². The third kappa shape index (κ3) is 4.37. The Labute approximate surface area is 169 Å². The lowest BCUT2D eigenvalue weighted by atomic mass is 9.73. The van der Waals surface area contributed by atoms with E-state index in [9.17, 15) is 27.2 Å². The van der Waals surface area contributed by atoms with Gasteiger partial charge in [-0.2, -0.15) is 4.39 Å². The van der Waals surface area contributed by atoms with Crippen molar-refractivity contribution in [1.82, 2.24) is 4.98 Å². The molecule has 2 atom stereocenters. The Morgan fingerprint density at radius 2 is 2.00 bits per heavy atom. The standard InChI is InChI=1S/C20H19F4N3O3/c1-30-17-12(2-3-14(21)16(17)22)11-4-6-20(23,24)9-13(11)19(29)27-10-5-7-26-15(8-10)18(25)28/h2-3,5,7-8,11,13H,4,6,9H2,1H3,(H2,25,28)(H,26,27,29). The quantitative estimate of drug-likeness (QED) is 0.716. The number of amides is 2. The summed E-state index contributed by atoms with van der Waals surface area (Å²) in [6.07, 6.45) is -0.180. The second-order valence-corrected chi connectivity index (χ2v) is 7.08. The van der Waals surface area contributed by atoms with Gasteiger partial charge in [0, 0.05) is 30.3 Å². The molecule has 2 unspecified atom stereocenters. The van der Waals surface area contributed by atoms with Crippen LogP contribution in [0.2, 0.25) is 0 Å². The highest BCUT2D eigenvalue weighted by atomic mass is 19.3. The molecular formula is C20H19F4N3O3. The lowest BCUT2D eigenvalue weighted by Crippen LogP contribution is -2.38. The fraction of sp³-hybridized carbons (Fsp3) is 0.350. The average Bonchev–Trinajstić information content (AvgIpc) is 2.69. The van der Waals surface area contributed by atoms with Crippen molar-refractivity contribution in [2.45, 2.75) is 31.1 Å². The molecule has 3 rings (SSSR count). The molecular weight excluding hydrogens is 406 g/mol. The fourth-order valence-corrected chi connectivity index (χ4v) is 3.71. The zero-order valence-electron chi connectivity index (χ0n) is 15.9. The van der Waals surface area contributed by atoms with E-state index in [2.05, 4.69) is 10.3 Å². The molecule has 10 heteroatoms. The number of methoxy groups -OCH3 is 1. The molecule has 1 aromatic carbocycles. The highest BCUT2D eigenvalue weighted by molar-refractivity contribution is 5.96. The van der Waals surface area contributed by atoms with Crippen molar-refractivity contribution in [3.05, 3.63) is 53.4 Å². The van der Waals surface area contributed by atoms with E-state index in [1.165, 1.54) is 24.4 Å². The monoisotopic (exact) mass is 425 g/mol. The van der Waals surface area contributed by atoms with E-state index in [4.69, 9.17) is 10.5 Å². The molecule has 0 radical (unpaired) electrons. The number of aromatic nitrogens is 1. The summed E-state index contributed by atoms with van der Waals surface area (Å²) in [5.41, 5.74) is 5.33. The Bertz CT molecular complexity index is 984. The number of ether oxygens (including phenoxy) is 1. The van der Waals surface area contributed by atoms with Crippen LogP contribution in [0.5, 0.6) is 5.75 Å². The predicted molar refractivity (Wildman–Crippen MR) is 99.3 cm³/mol. The van der Waals surface area contributed by atoms with Gasteiger partial charge >= 0.3 is 0 Å². The Hall–Kier alpha value is -3.17. The van der Waals surface area contributed by atoms with Crippen LogP contribution < -0.4 is 15.8 Å². The van der Waals surface area contributed by atoms with Gasteiger partial charge in [-0.05, 0) is 30.5 Å². The second kappa shape index (κ2) is 8.29. The van der Waals surface area contributed by atoms with Crippen molar-refractivity contribution in [2.75, 3.05) is 12.4 Å². The number of nitrogens with one attached hydrogen (secondary N) is 1. The number of primary amides is 1. The Balaban J connectivity index is 1.95. The molecule has 1 aliphatic rings.